The van der Waals surface area contributed by atoms with Crippen LogP contribution in [0.1, 0.15) is 85.9 Å². The quantitative estimate of drug-likeness (QED) is 0.0492. The van der Waals surface area contributed by atoms with Crippen LogP contribution in [0.3, 0.4) is 0 Å². The molecule has 0 spiro atoms. The van der Waals surface area contributed by atoms with Gasteiger partial charge in [0.15, 0.2) is 12.2 Å². The molecule has 0 unspecified atom stereocenters. The first kappa shape index (κ1) is 40.2. The number of rotatable bonds is 20. The van der Waals surface area contributed by atoms with Crippen LogP contribution in [0.4, 0.5) is 22.7 Å². The lowest BCUT2D eigenvalue weighted by atomic mass is 10.1. The maximum absolute atomic E-state index is 13.4. The minimum Gasteiger partial charge on any atom is -0.494 e. The number of esters is 2. The zero-order valence-corrected chi connectivity index (χ0v) is 32.1. The molecular formula is C44H50N4O8. The smallest absolute Gasteiger partial charge is 0.340 e. The standard InChI is InChI=1S/C44H50N4O8/c1-3-5-7-13-27-51-33-23-19-31(20-24-33)45-47-37-17-11-9-15-35(37)43(49)55-39-29-53-42-40(30-54-41(39)42)56-44(50)36-16-10-12-18-38(36)48-46-32-21-25-34(26-22-32)52-28-14-8-6-4-2/h9-12,15-26,39-42H,3-8,13-14,27-30H2,1-2H3/t39-,40-,41-,42-/m1/s1. The summed E-state index contributed by atoms with van der Waals surface area (Å²) >= 11 is 0. The Morgan fingerprint density at radius 1 is 0.536 bits per heavy atom. The topological polar surface area (TPSA) is 139 Å². The lowest BCUT2D eigenvalue weighted by molar-refractivity contribution is -0.0286. The van der Waals surface area contributed by atoms with Crippen LogP contribution in [0.2, 0.25) is 0 Å². The number of fused-ring (bicyclic) bond motifs is 1. The fraction of sp³-hybridized carbons (Fsp3) is 0.409. The third kappa shape index (κ3) is 11.3. The Kier molecular flexibility index (Phi) is 15.1. The Balaban J connectivity index is 1.00. The average molecular weight is 763 g/mol. The molecule has 6 rings (SSSR count). The molecule has 4 atom stereocenters. The van der Waals surface area contributed by atoms with Crippen LogP contribution in [-0.2, 0) is 18.9 Å². The molecule has 0 amide bonds. The van der Waals surface area contributed by atoms with E-state index < -0.39 is 36.4 Å². The normalized spacial score (nSPS) is 19.0. The highest BCUT2D eigenvalue weighted by molar-refractivity contribution is 5.95. The third-order valence-electron chi connectivity index (χ3n) is 9.48. The molecule has 2 heterocycles. The second-order valence-corrected chi connectivity index (χ2v) is 13.7. The monoisotopic (exact) mass is 762 g/mol. The first-order chi connectivity index (χ1) is 27.5. The highest BCUT2D eigenvalue weighted by atomic mass is 16.7. The van der Waals surface area contributed by atoms with Gasteiger partial charge in [-0.3, -0.25) is 0 Å². The van der Waals surface area contributed by atoms with Gasteiger partial charge in [-0.2, -0.15) is 10.2 Å². The van der Waals surface area contributed by atoms with E-state index in [-0.39, 0.29) is 24.3 Å². The summed E-state index contributed by atoms with van der Waals surface area (Å²) in [6.07, 6.45) is 6.47. The Labute approximate surface area is 328 Å². The Hall–Kier alpha value is -5.46. The number of unbranched alkanes of at least 4 members (excludes halogenated alkanes) is 6. The van der Waals surface area contributed by atoms with Crippen molar-refractivity contribution in [2.24, 2.45) is 20.5 Å². The minimum atomic E-state index is -0.713. The van der Waals surface area contributed by atoms with E-state index in [9.17, 15) is 9.59 Å². The molecule has 12 nitrogen and oxygen atoms in total. The summed E-state index contributed by atoms with van der Waals surface area (Å²) in [5.74, 6) is 0.370. The Bertz CT molecular complexity index is 1780. The molecule has 12 heteroatoms. The summed E-state index contributed by atoms with van der Waals surface area (Å²) < 4.78 is 35.3. The summed E-state index contributed by atoms with van der Waals surface area (Å²) in [6.45, 7) is 5.88. The van der Waals surface area contributed by atoms with Crippen molar-refractivity contribution in [3.8, 4) is 11.5 Å². The minimum absolute atomic E-state index is 0.0827. The Morgan fingerprint density at radius 3 is 1.36 bits per heavy atom. The van der Waals surface area contributed by atoms with Gasteiger partial charge in [-0.15, -0.1) is 10.2 Å². The van der Waals surface area contributed by atoms with Crippen LogP contribution < -0.4 is 9.47 Å². The van der Waals surface area contributed by atoms with Crippen molar-refractivity contribution in [3.63, 3.8) is 0 Å². The van der Waals surface area contributed by atoms with Gasteiger partial charge in [0.25, 0.3) is 0 Å². The van der Waals surface area contributed by atoms with Gasteiger partial charge < -0.3 is 28.4 Å². The van der Waals surface area contributed by atoms with Gasteiger partial charge in [-0.25, -0.2) is 9.59 Å². The number of benzene rings is 4. The van der Waals surface area contributed by atoms with Gasteiger partial charge in [-0.1, -0.05) is 76.6 Å². The largest absolute Gasteiger partial charge is 0.494 e. The van der Waals surface area contributed by atoms with E-state index in [1.54, 1.807) is 48.5 Å². The zero-order valence-electron chi connectivity index (χ0n) is 32.1. The van der Waals surface area contributed by atoms with E-state index in [4.69, 9.17) is 28.4 Å². The van der Waals surface area contributed by atoms with Crippen LogP contribution in [0, 0.1) is 0 Å². The van der Waals surface area contributed by atoms with Crippen LogP contribution in [-0.4, -0.2) is 62.8 Å². The van der Waals surface area contributed by atoms with Crippen molar-refractivity contribution in [1.29, 1.82) is 0 Å². The van der Waals surface area contributed by atoms with E-state index in [1.807, 2.05) is 48.5 Å². The van der Waals surface area contributed by atoms with Gasteiger partial charge in [0.2, 0.25) is 0 Å². The highest BCUT2D eigenvalue weighted by Gasteiger charge is 2.51. The molecule has 294 valence electrons. The lowest BCUT2D eigenvalue weighted by Crippen LogP contribution is -2.36. The van der Waals surface area contributed by atoms with Crippen molar-refractivity contribution in [2.45, 2.75) is 89.6 Å². The van der Waals surface area contributed by atoms with Crippen molar-refractivity contribution in [1.82, 2.24) is 0 Å². The second kappa shape index (κ2) is 21.0. The molecule has 2 aliphatic rings. The number of hydrogen-bond donors (Lipinski definition) is 0. The molecule has 0 radical (unpaired) electrons. The molecule has 2 saturated heterocycles. The zero-order chi connectivity index (χ0) is 39.0. The third-order valence-corrected chi connectivity index (χ3v) is 9.48. The number of nitrogens with zero attached hydrogens (tertiary/aromatic N) is 4. The van der Waals surface area contributed by atoms with E-state index >= 15 is 0 Å². The van der Waals surface area contributed by atoms with Crippen molar-refractivity contribution < 1.29 is 38.0 Å². The van der Waals surface area contributed by atoms with Gasteiger partial charge in [-0.05, 0) is 85.6 Å². The molecule has 0 bridgehead atoms. The number of azo groups is 2. The summed E-state index contributed by atoms with van der Waals surface area (Å²) in [7, 11) is 0. The fourth-order valence-corrected chi connectivity index (χ4v) is 6.38. The predicted octanol–water partition coefficient (Wildman–Crippen LogP) is 11.0. The molecule has 4 aromatic rings. The highest BCUT2D eigenvalue weighted by Crippen LogP contribution is 2.34. The van der Waals surface area contributed by atoms with Gasteiger partial charge >= 0.3 is 11.9 Å². The van der Waals surface area contributed by atoms with Crippen LogP contribution in [0.15, 0.2) is 118 Å². The van der Waals surface area contributed by atoms with Crippen LogP contribution in [0.5, 0.6) is 11.5 Å². The number of ether oxygens (including phenoxy) is 6. The maximum atomic E-state index is 13.4. The number of hydrogen-bond acceptors (Lipinski definition) is 12. The van der Waals surface area contributed by atoms with Gasteiger partial charge in [0.1, 0.15) is 35.1 Å². The molecule has 0 saturated carbocycles. The van der Waals surface area contributed by atoms with E-state index in [1.165, 1.54) is 25.7 Å². The summed E-state index contributed by atoms with van der Waals surface area (Å²) in [5, 5.41) is 17.3. The van der Waals surface area contributed by atoms with Crippen molar-refractivity contribution in [2.75, 3.05) is 26.4 Å². The second-order valence-electron chi connectivity index (χ2n) is 13.7. The number of carbonyl (C=O) groups excluding carboxylic acids is 2. The molecule has 4 aromatic carbocycles. The van der Waals surface area contributed by atoms with Gasteiger partial charge in [0, 0.05) is 0 Å². The van der Waals surface area contributed by atoms with E-state index in [2.05, 4.69) is 34.3 Å². The predicted molar refractivity (Wildman–Crippen MR) is 211 cm³/mol. The molecule has 0 aliphatic carbocycles. The van der Waals surface area contributed by atoms with E-state index in [0.29, 0.717) is 36.0 Å². The molecule has 2 aliphatic heterocycles. The fourth-order valence-electron chi connectivity index (χ4n) is 6.38. The molecular weight excluding hydrogens is 713 g/mol. The summed E-state index contributed by atoms with van der Waals surface area (Å²) in [5.41, 5.74) is 2.46. The SMILES string of the molecule is CCCCCCOc1ccc(N=Nc2ccccc2C(=O)O[C@@H]2CO[C@H]3[C@@H]2OC[C@H]3OC(=O)c2ccccc2N=Nc2ccc(OCCCCCC)cc2)cc1. The Morgan fingerprint density at radius 2 is 0.946 bits per heavy atom. The lowest BCUT2D eigenvalue weighted by Gasteiger charge is -2.18. The summed E-state index contributed by atoms with van der Waals surface area (Å²) in [6, 6.07) is 28.4. The average Bonchev–Trinajstić information content (AvgIpc) is 3.82. The van der Waals surface area contributed by atoms with E-state index in [0.717, 1.165) is 37.2 Å². The molecule has 0 aromatic heterocycles. The van der Waals surface area contributed by atoms with Crippen LogP contribution >= 0.6 is 0 Å². The van der Waals surface area contributed by atoms with Crippen molar-refractivity contribution in [3.05, 3.63) is 108 Å². The maximum Gasteiger partial charge on any atom is 0.340 e. The molecule has 0 N–H and O–H groups in total. The molecule has 56 heavy (non-hydrogen) atoms. The summed E-state index contributed by atoms with van der Waals surface area (Å²) in [4.78, 5) is 26.8. The van der Waals surface area contributed by atoms with Gasteiger partial charge in [0.05, 0.1) is 48.9 Å². The first-order valence-electron chi connectivity index (χ1n) is 19.6. The first-order valence-corrected chi connectivity index (χ1v) is 19.6. The number of carbonyl (C=O) groups is 2. The molecule has 2 fully saturated rings. The van der Waals surface area contributed by atoms with Crippen LogP contribution in [0.25, 0.3) is 0 Å². The van der Waals surface area contributed by atoms with Crippen molar-refractivity contribution >= 4 is 34.7 Å².